The normalized spacial score (nSPS) is 24.3. The molecule has 4 nitrogen and oxygen atoms in total. The Hall–Kier alpha value is -0.610. The van der Waals surface area contributed by atoms with Crippen molar-refractivity contribution in [3.63, 3.8) is 0 Å². The Balaban J connectivity index is 2.49. The molecule has 1 rings (SSSR count). The van der Waals surface area contributed by atoms with Gasteiger partial charge in [0.1, 0.15) is 0 Å². The Morgan fingerprint density at radius 2 is 2.54 bits per heavy atom. The first-order valence-electron chi connectivity index (χ1n) is 4.72. The van der Waals surface area contributed by atoms with E-state index in [0.717, 1.165) is 19.5 Å². The van der Waals surface area contributed by atoms with Crippen LogP contribution in [0.25, 0.3) is 0 Å². The van der Waals surface area contributed by atoms with Crippen LogP contribution in [0.15, 0.2) is 0 Å². The molecule has 2 unspecified atom stereocenters. The average molecular weight is 186 g/mol. The van der Waals surface area contributed by atoms with Crippen molar-refractivity contribution in [1.82, 2.24) is 10.6 Å². The summed E-state index contributed by atoms with van der Waals surface area (Å²) >= 11 is 0. The highest BCUT2D eigenvalue weighted by molar-refractivity contribution is 5.73. The summed E-state index contributed by atoms with van der Waals surface area (Å²) in [5.41, 5.74) is 0. The summed E-state index contributed by atoms with van der Waals surface area (Å²) in [7, 11) is 3.31. The van der Waals surface area contributed by atoms with Gasteiger partial charge in [-0.15, -0.1) is 0 Å². The zero-order chi connectivity index (χ0) is 9.68. The lowest BCUT2D eigenvalue weighted by atomic mass is 9.91. The van der Waals surface area contributed by atoms with Crippen molar-refractivity contribution < 1.29 is 9.53 Å². The first-order valence-corrected chi connectivity index (χ1v) is 4.72. The molecular weight excluding hydrogens is 168 g/mol. The quantitative estimate of drug-likeness (QED) is 0.587. The number of carbonyl (C=O) groups excluding carboxylic acids is 1. The van der Waals surface area contributed by atoms with Crippen LogP contribution in [0, 0.1) is 11.8 Å². The van der Waals surface area contributed by atoms with E-state index in [1.165, 1.54) is 7.11 Å². The van der Waals surface area contributed by atoms with Crippen LogP contribution in [0.2, 0.25) is 0 Å². The van der Waals surface area contributed by atoms with Crippen molar-refractivity contribution in [3.05, 3.63) is 0 Å². The second-order valence-electron chi connectivity index (χ2n) is 3.44. The van der Waals surface area contributed by atoms with Gasteiger partial charge in [0.15, 0.2) is 0 Å². The molecule has 1 heterocycles. The first-order chi connectivity index (χ1) is 6.29. The van der Waals surface area contributed by atoms with Crippen LogP contribution in [-0.2, 0) is 9.53 Å². The molecular formula is C9H18N2O2. The maximum absolute atomic E-state index is 11.4. The summed E-state index contributed by atoms with van der Waals surface area (Å²) in [5.74, 6) is 0.341. The highest BCUT2D eigenvalue weighted by Crippen LogP contribution is 2.19. The maximum Gasteiger partial charge on any atom is 0.310 e. The van der Waals surface area contributed by atoms with Gasteiger partial charge in [0.05, 0.1) is 13.0 Å². The molecule has 1 aliphatic heterocycles. The third-order valence-corrected chi connectivity index (χ3v) is 2.60. The zero-order valence-corrected chi connectivity index (χ0v) is 8.30. The molecule has 13 heavy (non-hydrogen) atoms. The fourth-order valence-corrected chi connectivity index (χ4v) is 1.83. The largest absolute Gasteiger partial charge is 0.469 e. The van der Waals surface area contributed by atoms with E-state index in [4.69, 9.17) is 4.74 Å². The molecule has 1 fully saturated rings. The molecule has 2 N–H and O–H groups in total. The van der Waals surface area contributed by atoms with E-state index in [-0.39, 0.29) is 11.9 Å². The molecule has 4 heteroatoms. The van der Waals surface area contributed by atoms with E-state index < -0.39 is 0 Å². The van der Waals surface area contributed by atoms with Crippen LogP contribution in [0.5, 0.6) is 0 Å². The minimum atomic E-state index is -0.0944. The summed E-state index contributed by atoms with van der Waals surface area (Å²) < 4.78 is 4.77. The number of carbonyl (C=O) groups is 1. The Morgan fingerprint density at radius 3 is 3.00 bits per heavy atom. The molecule has 0 aromatic carbocycles. The van der Waals surface area contributed by atoms with E-state index in [1.807, 2.05) is 7.05 Å². The predicted octanol–water partition coefficient (Wildman–Crippen LogP) is -0.395. The lowest BCUT2D eigenvalue weighted by Gasteiger charge is -2.19. The number of ether oxygens (including phenoxy) is 1. The van der Waals surface area contributed by atoms with Gasteiger partial charge < -0.3 is 15.4 Å². The summed E-state index contributed by atoms with van der Waals surface area (Å²) in [4.78, 5) is 11.4. The van der Waals surface area contributed by atoms with Gasteiger partial charge in [-0.1, -0.05) is 0 Å². The number of hydrogen-bond acceptors (Lipinski definition) is 4. The van der Waals surface area contributed by atoms with Gasteiger partial charge in [0.25, 0.3) is 0 Å². The highest BCUT2D eigenvalue weighted by Gasteiger charge is 2.30. The van der Waals surface area contributed by atoms with E-state index in [2.05, 4.69) is 10.6 Å². The number of rotatable bonds is 4. The zero-order valence-electron chi connectivity index (χ0n) is 8.30. The molecule has 2 atom stereocenters. The molecule has 0 bridgehead atoms. The van der Waals surface area contributed by atoms with Crippen molar-refractivity contribution in [2.24, 2.45) is 11.8 Å². The SMILES string of the molecule is CNCC(C(=O)OC)C1CCNC1. The number of methoxy groups -OCH3 is 1. The first kappa shape index (κ1) is 10.5. The lowest BCUT2D eigenvalue weighted by Crippen LogP contribution is -2.34. The third-order valence-electron chi connectivity index (χ3n) is 2.60. The minimum absolute atomic E-state index is 0.00463. The van der Waals surface area contributed by atoms with Crippen molar-refractivity contribution in [2.45, 2.75) is 6.42 Å². The Labute approximate surface area is 79.0 Å². The average Bonchev–Trinajstić information content (AvgIpc) is 2.65. The lowest BCUT2D eigenvalue weighted by molar-refractivity contribution is -0.147. The Kier molecular flexibility index (Phi) is 4.18. The van der Waals surface area contributed by atoms with Gasteiger partial charge in [-0.2, -0.15) is 0 Å². The maximum atomic E-state index is 11.4. The van der Waals surface area contributed by atoms with Crippen LogP contribution >= 0.6 is 0 Å². The predicted molar refractivity (Wildman–Crippen MR) is 50.4 cm³/mol. The van der Waals surface area contributed by atoms with Gasteiger partial charge in [-0.25, -0.2) is 0 Å². The molecule has 0 saturated carbocycles. The van der Waals surface area contributed by atoms with Gasteiger partial charge in [-0.3, -0.25) is 4.79 Å². The van der Waals surface area contributed by atoms with Crippen LogP contribution in [0.3, 0.4) is 0 Å². The van der Waals surface area contributed by atoms with Crippen molar-refractivity contribution in [2.75, 3.05) is 33.8 Å². The van der Waals surface area contributed by atoms with Crippen LogP contribution < -0.4 is 10.6 Å². The van der Waals surface area contributed by atoms with Crippen molar-refractivity contribution >= 4 is 5.97 Å². The minimum Gasteiger partial charge on any atom is -0.469 e. The monoisotopic (exact) mass is 186 g/mol. The summed E-state index contributed by atoms with van der Waals surface area (Å²) in [6.45, 7) is 2.66. The number of nitrogens with one attached hydrogen (secondary N) is 2. The fourth-order valence-electron chi connectivity index (χ4n) is 1.83. The van der Waals surface area contributed by atoms with Gasteiger partial charge >= 0.3 is 5.97 Å². The Bertz CT molecular complexity index is 167. The number of esters is 1. The molecule has 0 aromatic heterocycles. The van der Waals surface area contributed by atoms with Crippen LogP contribution in [0.4, 0.5) is 0 Å². The molecule has 76 valence electrons. The second kappa shape index (κ2) is 5.19. The van der Waals surface area contributed by atoms with Crippen molar-refractivity contribution in [3.8, 4) is 0 Å². The van der Waals surface area contributed by atoms with Crippen molar-refractivity contribution in [1.29, 1.82) is 0 Å². The van der Waals surface area contributed by atoms with Gasteiger partial charge in [0, 0.05) is 6.54 Å². The summed E-state index contributed by atoms with van der Waals surface area (Å²) in [6.07, 6.45) is 1.07. The van der Waals surface area contributed by atoms with Crippen LogP contribution in [0.1, 0.15) is 6.42 Å². The molecule has 0 spiro atoms. The smallest absolute Gasteiger partial charge is 0.310 e. The molecule has 0 aromatic rings. The molecule has 0 aliphatic carbocycles. The summed E-state index contributed by atoms with van der Waals surface area (Å²) in [5, 5.41) is 6.29. The van der Waals surface area contributed by atoms with E-state index >= 15 is 0 Å². The standard InChI is InChI=1S/C9H18N2O2/c1-10-6-8(9(12)13-2)7-3-4-11-5-7/h7-8,10-11H,3-6H2,1-2H3. The molecule has 1 aliphatic rings. The van der Waals surface area contributed by atoms with Gasteiger partial charge in [-0.05, 0) is 32.5 Å². The topological polar surface area (TPSA) is 50.4 Å². The molecule has 0 amide bonds. The third kappa shape index (κ3) is 2.67. The molecule has 0 radical (unpaired) electrons. The van der Waals surface area contributed by atoms with Gasteiger partial charge in [0.2, 0.25) is 0 Å². The number of hydrogen-bond donors (Lipinski definition) is 2. The summed E-state index contributed by atoms with van der Waals surface area (Å²) in [6, 6.07) is 0. The Morgan fingerprint density at radius 1 is 1.77 bits per heavy atom. The fraction of sp³-hybridized carbons (Fsp3) is 0.889. The molecule has 1 saturated heterocycles. The van der Waals surface area contributed by atoms with E-state index in [1.54, 1.807) is 0 Å². The van der Waals surface area contributed by atoms with E-state index in [0.29, 0.717) is 12.5 Å². The van der Waals surface area contributed by atoms with Crippen LogP contribution in [-0.4, -0.2) is 39.8 Å². The highest BCUT2D eigenvalue weighted by atomic mass is 16.5. The van der Waals surface area contributed by atoms with E-state index in [9.17, 15) is 4.79 Å². The second-order valence-corrected chi connectivity index (χ2v) is 3.44.